The molecule has 2 atom stereocenters. The fourth-order valence-corrected chi connectivity index (χ4v) is 4.80. The van der Waals surface area contributed by atoms with Crippen molar-refractivity contribution in [1.29, 1.82) is 0 Å². The van der Waals surface area contributed by atoms with E-state index in [1.807, 2.05) is 13.8 Å². The number of hydrogen-bond acceptors (Lipinski definition) is 6. The second-order valence-electron chi connectivity index (χ2n) is 11.2. The van der Waals surface area contributed by atoms with E-state index in [0.717, 1.165) is 6.04 Å². The topological polar surface area (TPSA) is 144 Å². The van der Waals surface area contributed by atoms with Gasteiger partial charge in [-0.3, -0.25) is 10.1 Å². The molecule has 2 rings (SSSR count). The number of hydrogen-bond donors (Lipinski definition) is 4. The highest BCUT2D eigenvalue weighted by Crippen LogP contribution is 2.33. The van der Waals surface area contributed by atoms with Crippen molar-refractivity contribution in [2.24, 2.45) is 11.8 Å². The summed E-state index contributed by atoms with van der Waals surface area (Å²) in [5.74, 6) is -0.272. The van der Waals surface area contributed by atoms with Crippen molar-refractivity contribution < 1.29 is 29.0 Å². The molecule has 0 spiro atoms. The molecule has 0 aliphatic rings. The molecule has 41 heavy (non-hydrogen) atoms. The van der Waals surface area contributed by atoms with Crippen molar-refractivity contribution in [3.05, 3.63) is 55.5 Å². The molecular weight excluding hydrogens is 542 g/mol. The van der Waals surface area contributed by atoms with Crippen LogP contribution in [0.15, 0.2) is 49.7 Å². The van der Waals surface area contributed by atoms with Crippen LogP contribution < -0.4 is 16.0 Å². The van der Waals surface area contributed by atoms with E-state index in [1.165, 1.54) is 7.11 Å². The maximum absolute atomic E-state index is 13.2. The average molecular weight is 586 g/mol. The van der Waals surface area contributed by atoms with Crippen LogP contribution in [0.3, 0.4) is 0 Å². The summed E-state index contributed by atoms with van der Waals surface area (Å²) in [6.45, 7) is 18.9. The predicted octanol–water partition coefficient (Wildman–Crippen LogP) is 6.32. The van der Waals surface area contributed by atoms with Gasteiger partial charge in [0.2, 0.25) is 5.91 Å². The van der Waals surface area contributed by atoms with Gasteiger partial charge in [-0.25, -0.2) is 14.6 Å². The van der Waals surface area contributed by atoms with Crippen LogP contribution in [0.5, 0.6) is 0 Å². The van der Waals surface area contributed by atoms with Gasteiger partial charge in [-0.15, -0.1) is 13.2 Å². The quantitative estimate of drug-likeness (QED) is 0.109. The molecular formula is C29H43N5O6Si. The summed E-state index contributed by atoms with van der Waals surface area (Å²) in [5.41, 5.74) is 1.85. The van der Waals surface area contributed by atoms with Crippen LogP contribution in [-0.2, 0) is 21.0 Å². The number of imidazole rings is 1. The smallest absolute Gasteiger partial charge is 0.411 e. The van der Waals surface area contributed by atoms with Gasteiger partial charge >= 0.3 is 12.2 Å². The number of ether oxygens (including phenoxy) is 2. The summed E-state index contributed by atoms with van der Waals surface area (Å²) in [6.07, 6.45) is 3.43. The fraction of sp³-hybridized carbons (Fsp3) is 0.448. The third kappa shape index (κ3) is 10.2. The Morgan fingerprint density at radius 1 is 1.17 bits per heavy atom. The molecule has 0 fully saturated rings. The maximum Gasteiger partial charge on any atom is 0.411 e. The van der Waals surface area contributed by atoms with Crippen molar-refractivity contribution >= 4 is 37.5 Å². The number of aromatic nitrogens is 2. The number of methoxy groups -OCH3 is 1. The van der Waals surface area contributed by atoms with Crippen LogP contribution in [0, 0.1) is 11.8 Å². The van der Waals surface area contributed by atoms with Gasteiger partial charge in [-0.2, -0.15) is 0 Å². The van der Waals surface area contributed by atoms with Crippen molar-refractivity contribution in [2.75, 3.05) is 24.4 Å². The molecule has 0 bridgehead atoms. The zero-order valence-electron chi connectivity index (χ0n) is 24.8. The molecule has 2 aromatic rings. The predicted molar refractivity (Wildman–Crippen MR) is 164 cm³/mol. The minimum atomic E-state index is -1.32. The molecule has 0 radical (unpaired) electrons. The maximum atomic E-state index is 13.2. The lowest BCUT2D eigenvalue weighted by Gasteiger charge is -2.18. The summed E-state index contributed by atoms with van der Waals surface area (Å²) in [6, 6.07) is 5.29. The number of nitrogens with zero attached hydrogens (tertiary/aromatic N) is 2. The van der Waals surface area contributed by atoms with E-state index in [4.69, 9.17) is 14.5 Å². The third-order valence-corrected chi connectivity index (χ3v) is 8.01. The number of carboxylic acid groups (broad SMARTS) is 1. The van der Waals surface area contributed by atoms with E-state index < -0.39 is 32.2 Å². The van der Waals surface area contributed by atoms with Crippen molar-refractivity contribution in [1.82, 2.24) is 14.9 Å². The Morgan fingerprint density at radius 3 is 2.44 bits per heavy atom. The van der Waals surface area contributed by atoms with E-state index in [9.17, 15) is 19.5 Å². The molecule has 0 aliphatic carbocycles. The molecule has 1 aromatic heterocycles. The Balaban J connectivity index is 2.59. The molecule has 0 saturated heterocycles. The summed E-state index contributed by atoms with van der Waals surface area (Å²) < 4.78 is 12.4. The van der Waals surface area contributed by atoms with Crippen LogP contribution in [-0.4, -0.2) is 54.5 Å². The first-order chi connectivity index (χ1) is 19.3. The van der Waals surface area contributed by atoms with E-state index in [2.05, 4.69) is 48.7 Å². The summed E-state index contributed by atoms with van der Waals surface area (Å²) in [5, 5.41) is 17.5. The highest BCUT2D eigenvalue weighted by molar-refractivity contribution is 6.76. The Hall–Kier alpha value is -3.90. The average Bonchev–Trinajstić information content (AvgIpc) is 3.29. The largest absolute Gasteiger partial charge is 0.465 e. The Kier molecular flexibility index (Phi) is 12.3. The molecule has 3 amide bonds. The van der Waals surface area contributed by atoms with Crippen LogP contribution >= 0.6 is 0 Å². The van der Waals surface area contributed by atoms with Crippen LogP contribution in [0.25, 0.3) is 11.3 Å². The molecule has 12 heteroatoms. The zero-order valence-corrected chi connectivity index (χ0v) is 25.8. The number of benzene rings is 1. The van der Waals surface area contributed by atoms with Gasteiger partial charge in [-0.1, -0.05) is 45.6 Å². The van der Waals surface area contributed by atoms with Crippen molar-refractivity contribution in [3.63, 3.8) is 0 Å². The fourth-order valence-electron chi connectivity index (χ4n) is 4.04. The number of carbonyl (C=O) groups excluding carboxylic acids is 2. The first-order valence-electron chi connectivity index (χ1n) is 13.5. The summed E-state index contributed by atoms with van der Waals surface area (Å²) >= 11 is 0. The van der Waals surface area contributed by atoms with Gasteiger partial charge in [0, 0.05) is 32.1 Å². The molecule has 1 heterocycles. The molecule has 4 N–H and O–H groups in total. The number of rotatable bonds is 15. The van der Waals surface area contributed by atoms with Crippen molar-refractivity contribution in [2.45, 2.75) is 58.7 Å². The first-order valence-corrected chi connectivity index (χ1v) is 17.2. The monoisotopic (exact) mass is 585 g/mol. The molecule has 0 saturated carbocycles. The minimum absolute atomic E-state index is 0.00759. The zero-order chi connectivity index (χ0) is 30.7. The highest BCUT2D eigenvalue weighted by atomic mass is 28.3. The van der Waals surface area contributed by atoms with Gasteiger partial charge in [0.1, 0.15) is 12.6 Å². The minimum Gasteiger partial charge on any atom is -0.465 e. The standard InChI is InChI=1S/C29H43N5O6Si/c1-9-11-23(33-28(36)37)26-31-25(17-34(26)18-40-14-15-41(6,7)8)22-13-12-20(30-29(38)39-5)16-24(22)32-27(35)21(10-2)19(3)4/h9-10,12-13,16-17,19,21,23,33H,1-2,11,14-15,18H2,3-8H3,(H,30,38)(H,32,35)(H,36,37)/t21?,23-/m0/s1. The van der Waals surface area contributed by atoms with Gasteiger partial charge in [0.05, 0.1) is 30.5 Å². The Labute approximate surface area is 243 Å². The summed E-state index contributed by atoms with van der Waals surface area (Å²) in [7, 11) is -0.0577. The second-order valence-corrected chi connectivity index (χ2v) is 16.8. The van der Waals surface area contributed by atoms with Gasteiger partial charge in [0.25, 0.3) is 0 Å². The number of anilines is 2. The van der Waals surface area contributed by atoms with E-state index in [-0.39, 0.29) is 18.6 Å². The molecule has 224 valence electrons. The lowest BCUT2D eigenvalue weighted by atomic mass is 9.95. The van der Waals surface area contributed by atoms with Crippen LogP contribution in [0.4, 0.5) is 21.0 Å². The third-order valence-electron chi connectivity index (χ3n) is 6.31. The highest BCUT2D eigenvalue weighted by Gasteiger charge is 2.24. The lowest BCUT2D eigenvalue weighted by molar-refractivity contribution is -0.119. The van der Waals surface area contributed by atoms with Gasteiger partial charge in [0.15, 0.2) is 0 Å². The Bertz CT molecular complexity index is 1240. The normalized spacial score (nSPS) is 12.8. The Morgan fingerprint density at radius 2 is 1.88 bits per heavy atom. The van der Waals surface area contributed by atoms with Gasteiger partial charge in [-0.05, 0) is 36.6 Å². The van der Waals surface area contributed by atoms with Crippen LogP contribution in [0.2, 0.25) is 25.7 Å². The SMILES string of the molecule is C=CC[C@H](NC(=O)O)c1nc(-c2ccc(NC(=O)OC)cc2NC(=O)C(C=C)C(C)C)cn1COCC[Si](C)(C)C. The number of amides is 3. The lowest BCUT2D eigenvalue weighted by Crippen LogP contribution is -2.29. The molecule has 1 aromatic carbocycles. The van der Waals surface area contributed by atoms with Gasteiger partial charge < -0.3 is 29.8 Å². The van der Waals surface area contributed by atoms with E-state index >= 15 is 0 Å². The summed E-state index contributed by atoms with van der Waals surface area (Å²) in [4.78, 5) is 41.4. The second kappa shape index (κ2) is 15.2. The van der Waals surface area contributed by atoms with Crippen molar-refractivity contribution in [3.8, 4) is 11.3 Å². The molecule has 1 unspecified atom stereocenters. The first kappa shape index (κ1) is 33.3. The van der Waals surface area contributed by atoms with E-state index in [1.54, 1.807) is 41.1 Å². The molecule has 11 nitrogen and oxygen atoms in total. The number of carbonyl (C=O) groups is 3. The molecule has 0 aliphatic heterocycles. The number of nitrogens with one attached hydrogen (secondary N) is 3. The van der Waals surface area contributed by atoms with E-state index in [0.29, 0.717) is 41.5 Å². The van der Waals surface area contributed by atoms with Crippen LogP contribution in [0.1, 0.15) is 32.1 Å².